The third-order valence-corrected chi connectivity index (χ3v) is 7.12. The molecule has 7 heteroatoms. The topological polar surface area (TPSA) is 87.6 Å². The largest absolute Gasteiger partial charge is 0.496 e. The maximum atomic E-state index is 12.4. The van der Waals surface area contributed by atoms with E-state index in [2.05, 4.69) is 35.4 Å². The summed E-state index contributed by atoms with van der Waals surface area (Å²) in [4.78, 5) is 23.6. The van der Waals surface area contributed by atoms with Crippen molar-refractivity contribution in [1.82, 2.24) is 14.9 Å². The van der Waals surface area contributed by atoms with E-state index in [1.54, 1.807) is 25.9 Å². The van der Waals surface area contributed by atoms with E-state index in [0.717, 1.165) is 58.4 Å². The third-order valence-electron chi connectivity index (χ3n) is 7.12. The molecule has 7 nitrogen and oxygen atoms in total. The van der Waals surface area contributed by atoms with E-state index < -0.39 is 5.60 Å². The molecule has 0 aliphatic heterocycles. The number of nitrogens with zero attached hydrogens (tertiary/aromatic N) is 3. The predicted octanol–water partition coefficient (Wildman–Crippen LogP) is 5.62. The van der Waals surface area contributed by atoms with Crippen LogP contribution in [-0.4, -0.2) is 47.1 Å². The number of ether oxygens (including phenoxy) is 1. The van der Waals surface area contributed by atoms with Crippen molar-refractivity contribution in [1.29, 1.82) is 0 Å². The summed E-state index contributed by atoms with van der Waals surface area (Å²) in [5.41, 5.74) is 4.01. The minimum Gasteiger partial charge on any atom is -0.496 e. The summed E-state index contributed by atoms with van der Waals surface area (Å²) in [6, 6.07) is 12.0. The van der Waals surface area contributed by atoms with Crippen LogP contribution in [0.25, 0.3) is 16.5 Å². The van der Waals surface area contributed by atoms with Crippen LogP contribution in [0.5, 0.6) is 5.75 Å². The van der Waals surface area contributed by atoms with E-state index in [-0.39, 0.29) is 17.9 Å². The molecule has 0 bridgehead atoms. The van der Waals surface area contributed by atoms with Crippen LogP contribution in [0, 0.1) is 12.8 Å². The number of fused-ring (bicyclic) bond motifs is 1. The predicted molar refractivity (Wildman–Crippen MR) is 149 cm³/mol. The molecule has 0 saturated carbocycles. The van der Waals surface area contributed by atoms with Crippen molar-refractivity contribution >= 4 is 28.2 Å². The molecule has 196 valence electrons. The number of nitrogens with one attached hydrogen (secondary N) is 1. The normalized spacial score (nSPS) is 16.8. The molecular weight excluding hydrogens is 464 g/mol. The van der Waals surface area contributed by atoms with E-state index >= 15 is 0 Å². The molecule has 1 unspecified atom stereocenters. The summed E-state index contributed by atoms with van der Waals surface area (Å²) in [7, 11) is 5.30. The fraction of sp³-hybridized carbons (Fsp3) is 0.433. The smallest absolute Gasteiger partial charge is 0.225 e. The first-order valence-corrected chi connectivity index (χ1v) is 12.8. The molecule has 1 amide bonds. The van der Waals surface area contributed by atoms with Crippen LogP contribution in [0.2, 0.25) is 0 Å². The van der Waals surface area contributed by atoms with Crippen LogP contribution in [0.1, 0.15) is 68.6 Å². The van der Waals surface area contributed by atoms with Gasteiger partial charge in [-0.2, -0.15) is 0 Å². The Hall–Kier alpha value is -3.45. The Bertz CT molecular complexity index is 1340. The van der Waals surface area contributed by atoms with Crippen molar-refractivity contribution in [2.45, 2.75) is 58.6 Å². The molecule has 1 aliphatic rings. The molecule has 0 fully saturated rings. The second-order valence-corrected chi connectivity index (χ2v) is 10.7. The van der Waals surface area contributed by atoms with E-state index in [4.69, 9.17) is 9.72 Å². The van der Waals surface area contributed by atoms with Gasteiger partial charge < -0.3 is 20.1 Å². The number of methoxy groups -OCH3 is 1. The van der Waals surface area contributed by atoms with E-state index in [0.29, 0.717) is 5.82 Å². The van der Waals surface area contributed by atoms with Crippen LogP contribution >= 0.6 is 0 Å². The number of aryl methyl sites for hydroxylation is 1. The number of amides is 1. The summed E-state index contributed by atoms with van der Waals surface area (Å²) in [6.07, 6.45) is 4.51. The van der Waals surface area contributed by atoms with Crippen molar-refractivity contribution in [3.8, 4) is 5.75 Å². The standard InChI is InChI=1S/C30H38N4O3/c1-18(22-9-8-10-23(15-22)30(3,4)36)31-28-25-16-24(27(37-7)17-26(25)32-19(2)33-28)20-11-13-21(14-12-20)29(35)34(5)6/h8-11,15-18,21,36H,12-14H2,1-7H3,(H,31,32,33)/t18-,21?/m1/s1. The highest BCUT2D eigenvalue weighted by Gasteiger charge is 2.25. The fourth-order valence-corrected chi connectivity index (χ4v) is 4.95. The first-order valence-electron chi connectivity index (χ1n) is 12.8. The lowest BCUT2D eigenvalue weighted by molar-refractivity contribution is -0.133. The van der Waals surface area contributed by atoms with Crippen molar-refractivity contribution in [2.75, 3.05) is 26.5 Å². The lowest BCUT2D eigenvalue weighted by Crippen LogP contribution is -2.30. The van der Waals surface area contributed by atoms with Gasteiger partial charge in [0.2, 0.25) is 5.91 Å². The van der Waals surface area contributed by atoms with Gasteiger partial charge in [-0.25, -0.2) is 9.97 Å². The van der Waals surface area contributed by atoms with Crippen molar-refractivity contribution in [3.63, 3.8) is 0 Å². The lowest BCUT2D eigenvalue weighted by atomic mass is 9.85. The Balaban J connectivity index is 1.71. The van der Waals surface area contributed by atoms with Crippen LogP contribution in [0.4, 0.5) is 5.82 Å². The highest BCUT2D eigenvalue weighted by Crippen LogP contribution is 2.39. The van der Waals surface area contributed by atoms with Crippen molar-refractivity contribution in [2.24, 2.45) is 5.92 Å². The Labute approximate surface area is 219 Å². The molecule has 4 rings (SSSR count). The molecule has 0 radical (unpaired) electrons. The number of benzene rings is 2. The number of carbonyl (C=O) groups is 1. The molecule has 2 atom stereocenters. The summed E-state index contributed by atoms with van der Waals surface area (Å²) >= 11 is 0. The van der Waals surface area contributed by atoms with Crippen LogP contribution in [0.3, 0.4) is 0 Å². The van der Waals surface area contributed by atoms with Gasteiger partial charge in [-0.1, -0.05) is 30.3 Å². The van der Waals surface area contributed by atoms with Crippen LogP contribution in [-0.2, 0) is 10.4 Å². The monoisotopic (exact) mass is 502 g/mol. The number of anilines is 1. The summed E-state index contributed by atoms with van der Waals surface area (Å²) in [6.45, 7) is 7.55. The number of carbonyl (C=O) groups excluding carboxylic acids is 1. The molecule has 37 heavy (non-hydrogen) atoms. The summed E-state index contributed by atoms with van der Waals surface area (Å²) in [5.74, 6) is 2.40. The van der Waals surface area contributed by atoms with Crippen LogP contribution in [0.15, 0.2) is 42.5 Å². The molecule has 2 aromatic carbocycles. The zero-order valence-electron chi connectivity index (χ0n) is 22.9. The second-order valence-electron chi connectivity index (χ2n) is 10.7. The lowest BCUT2D eigenvalue weighted by Gasteiger charge is -2.25. The fourth-order valence-electron chi connectivity index (χ4n) is 4.95. The van der Waals surface area contributed by atoms with Gasteiger partial charge in [0.15, 0.2) is 0 Å². The first-order chi connectivity index (χ1) is 17.5. The SMILES string of the molecule is COc1cc2nc(C)nc(N[C@H](C)c3cccc(C(C)(C)O)c3)c2cc1C1=CCC(C(=O)N(C)C)CC1. The van der Waals surface area contributed by atoms with Gasteiger partial charge in [0.05, 0.1) is 18.2 Å². The highest BCUT2D eigenvalue weighted by atomic mass is 16.5. The maximum Gasteiger partial charge on any atom is 0.225 e. The zero-order valence-corrected chi connectivity index (χ0v) is 22.9. The van der Waals surface area contributed by atoms with Crippen molar-refractivity contribution in [3.05, 3.63) is 65.0 Å². The molecular formula is C30H38N4O3. The van der Waals surface area contributed by atoms with Gasteiger partial charge in [0, 0.05) is 43.1 Å². The Morgan fingerprint density at radius 1 is 1.22 bits per heavy atom. The Morgan fingerprint density at radius 3 is 2.59 bits per heavy atom. The Kier molecular flexibility index (Phi) is 7.55. The van der Waals surface area contributed by atoms with E-state index in [1.165, 1.54) is 5.57 Å². The Morgan fingerprint density at radius 2 is 1.97 bits per heavy atom. The van der Waals surface area contributed by atoms with Gasteiger partial charge >= 0.3 is 0 Å². The molecule has 3 aromatic rings. The highest BCUT2D eigenvalue weighted by molar-refractivity contribution is 5.94. The number of hydrogen-bond acceptors (Lipinski definition) is 6. The average Bonchev–Trinajstić information content (AvgIpc) is 2.87. The molecule has 0 saturated heterocycles. The van der Waals surface area contributed by atoms with Gasteiger partial charge in [0.1, 0.15) is 17.4 Å². The average molecular weight is 503 g/mol. The molecule has 1 aliphatic carbocycles. The first kappa shape index (κ1) is 26.6. The van der Waals surface area contributed by atoms with E-state index in [9.17, 15) is 9.90 Å². The quantitative estimate of drug-likeness (QED) is 0.436. The number of allylic oxidation sites excluding steroid dienone is 2. The molecule has 1 aromatic heterocycles. The second kappa shape index (κ2) is 10.5. The minimum atomic E-state index is -0.913. The van der Waals surface area contributed by atoms with Gasteiger partial charge in [-0.05, 0) is 69.7 Å². The van der Waals surface area contributed by atoms with Crippen molar-refractivity contribution < 1.29 is 14.6 Å². The molecule has 2 N–H and O–H groups in total. The van der Waals surface area contributed by atoms with E-state index in [1.807, 2.05) is 45.3 Å². The van der Waals surface area contributed by atoms with Gasteiger partial charge in [-0.3, -0.25) is 4.79 Å². The number of aliphatic hydroxyl groups is 1. The number of rotatable bonds is 7. The maximum absolute atomic E-state index is 12.4. The molecule has 1 heterocycles. The minimum absolute atomic E-state index is 0.0222. The zero-order chi connectivity index (χ0) is 26.9. The summed E-state index contributed by atoms with van der Waals surface area (Å²) < 4.78 is 5.77. The number of aromatic nitrogens is 2. The molecule has 0 spiro atoms. The van der Waals surface area contributed by atoms with Crippen LogP contribution < -0.4 is 10.1 Å². The van der Waals surface area contributed by atoms with Gasteiger partial charge in [0.25, 0.3) is 0 Å². The number of hydrogen-bond donors (Lipinski definition) is 2. The summed E-state index contributed by atoms with van der Waals surface area (Å²) in [5, 5.41) is 15.0. The van der Waals surface area contributed by atoms with Gasteiger partial charge in [-0.15, -0.1) is 0 Å². The third kappa shape index (κ3) is 5.77.